The zero-order valence-corrected chi connectivity index (χ0v) is 39.2. The Morgan fingerprint density at radius 1 is 0.545 bits per heavy atom. The van der Waals surface area contributed by atoms with Crippen LogP contribution in [0.1, 0.15) is 103 Å². The van der Waals surface area contributed by atoms with E-state index in [0.717, 1.165) is 73.7 Å². The second-order valence-electron chi connectivity index (χ2n) is 21.1. The van der Waals surface area contributed by atoms with E-state index in [-0.39, 0.29) is 43.6 Å². The first-order valence-corrected chi connectivity index (χ1v) is 24.1. The molecule has 8 heterocycles. The van der Waals surface area contributed by atoms with Gasteiger partial charge in [-0.3, -0.25) is 4.55 Å². The molecule has 0 bridgehead atoms. The summed E-state index contributed by atoms with van der Waals surface area (Å²) in [7, 11) is -4.40. The number of hydrogen-bond acceptors (Lipinski definition) is 12. The van der Waals surface area contributed by atoms with Gasteiger partial charge in [0.05, 0.1) is 4.90 Å². The predicted octanol–water partition coefficient (Wildman–Crippen LogP) is 10.8. The van der Waals surface area contributed by atoms with E-state index in [9.17, 15) is 22.6 Å². The molecule has 0 saturated heterocycles. The van der Waals surface area contributed by atoms with Gasteiger partial charge in [-0.05, 0) is 107 Å². The molecule has 12 rings (SSSR count). The summed E-state index contributed by atoms with van der Waals surface area (Å²) in [5.74, 6) is 0.345. The van der Waals surface area contributed by atoms with Crippen LogP contribution >= 0.6 is 0 Å². The Bertz CT molecular complexity index is 3570. The number of anilines is 2. The van der Waals surface area contributed by atoms with Crippen molar-refractivity contribution in [1.29, 1.82) is 0 Å². The molecule has 66 heavy (non-hydrogen) atoms. The Balaban J connectivity index is 0.000000147. The van der Waals surface area contributed by atoms with Gasteiger partial charge in [-0.2, -0.15) is 8.42 Å². The maximum Gasteiger partial charge on any atom is 0.349 e. The fourth-order valence-electron chi connectivity index (χ4n) is 10.8. The highest BCUT2D eigenvalue weighted by Crippen LogP contribution is 2.53. The minimum Gasteiger partial charge on any atom is -0.436 e. The maximum atomic E-state index is 13.2. The summed E-state index contributed by atoms with van der Waals surface area (Å²) in [4.78, 5) is 39.8. The Hall–Kier alpha value is -6.25. The molecule has 4 aromatic heterocycles. The third kappa shape index (κ3) is 6.61. The molecule has 0 spiro atoms. The second kappa shape index (κ2) is 14.1. The van der Waals surface area contributed by atoms with E-state index in [4.69, 9.17) is 17.7 Å². The molecule has 0 unspecified atom stereocenters. The molecule has 0 aliphatic carbocycles. The lowest BCUT2D eigenvalue weighted by molar-refractivity contribution is 0.398. The van der Waals surface area contributed by atoms with E-state index < -0.39 is 21.4 Å². The van der Waals surface area contributed by atoms with E-state index in [0.29, 0.717) is 33.7 Å². The molecule has 4 aliphatic heterocycles. The highest BCUT2D eigenvalue weighted by Gasteiger charge is 2.44. The smallest absolute Gasteiger partial charge is 0.349 e. The number of oxazole rings is 2. The Labute approximate surface area is 381 Å². The van der Waals surface area contributed by atoms with Gasteiger partial charge in [0.25, 0.3) is 10.1 Å². The van der Waals surface area contributed by atoms with Crippen LogP contribution < -0.4 is 21.1 Å². The van der Waals surface area contributed by atoms with Crippen LogP contribution in [0.25, 0.3) is 67.0 Å². The fraction of sp³-hybridized carbons (Fsp3) is 0.385. The maximum absolute atomic E-state index is 13.2. The van der Waals surface area contributed by atoms with E-state index in [1.165, 1.54) is 46.3 Å². The Morgan fingerprint density at radius 2 is 0.985 bits per heavy atom. The van der Waals surface area contributed by atoms with E-state index >= 15 is 0 Å². The van der Waals surface area contributed by atoms with Gasteiger partial charge >= 0.3 is 11.3 Å². The summed E-state index contributed by atoms with van der Waals surface area (Å²) in [5.41, 5.74) is 9.87. The molecule has 1 N–H and O–H groups in total. The summed E-state index contributed by atoms with van der Waals surface area (Å²) >= 11 is 0. The van der Waals surface area contributed by atoms with Gasteiger partial charge < -0.3 is 27.5 Å². The largest absolute Gasteiger partial charge is 0.436 e. The number of nitrogens with zero attached hydrogens (tertiary/aromatic N) is 4. The second-order valence-corrected chi connectivity index (χ2v) is 22.6. The lowest BCUT2D eigenvalue weighted by Gasteiger charge is -2.48. The van der Waals surface area contributed by atoms with Crippen LogP contribution in [0.2, 0.25) is 0 Å². The minimum absolute atomic E-state index is 0.0255. The van der Waals surface area contributed by atoms with Crippen LogP contribution in [-0.2, 0) is 31.8 Å². The number of aromatic nitrogens is 2. The SMILES string of the molecule is CC1(C)CCN2CCC(C)(C)c3c2c1cc1cc(-c2nc4ccc(S(=O)(=O)O)cc4o2)c(=O)oc31.CC1(C)CCN2CCC(C)(C)c3c2c1cc1cc(-c2nc4ccccc4o2)c(=O)oc31. The molecule has 13 nitrogen and oxygen atoms in total. The van der Waals surface area contributed by atoms with Gasteiger partial charge in [-0.25, -0.2) is 19.6 Å². The Morgan fingerprint density at radius 3 is 1.45 bits per heavy atom. The monoisotopic (exact) mass is 908 g/mol. The summed E-state index contributed by atoms with van der Waals surface area (Å²) in [6, 6.07) is 19.4. The molecular formula is C52H52N4O9S. The zero-order chi connectivity index (χ0) is 46.5. The van der Waals surface area contributed by atoms with Crippen molar-refractivity contribution in [2.75, 3.05) is 36.0 Å². The Kier molecular flexibility index (Phi) is 9.08. The predicted molar refractivity (Wildman–Crippen MR) is 256 cm³/mol. The molecule has 0 atom stereocenters. The third-order valence-corrected chi connectivity index (χ3v) is 15.7. The standard InChI is InChI=1S/C26H26N2O6S.C26H26N2O3/c1-25(2)7-9-28-10-8-26(3,4)20-21(28)17(25)12-14-11-16(24(29)34-22(14)20)23-27-18-6-5-15(35(30,31)32)13-19(18)33-23;1-25(2)9-11-28-12-10-26(3,4)20-21(28)17(25)14-15-13-16(24(29)31-22(15)20)23-27-18-7-5-6-8-19(18)30-23/h5-6,11-13H,7-10H2,1-4H3,(H,30,31,32);5-8,13-14H,9-12H2,1-4H3. The van der Waals surface area contributed by atoms with Crippen molar-refractivity contribution in [2.45, 2.75) is 108 Å². The van der Waals surface area contributed by atoms with Gasteiger partial charge in [0.15, 0.2) is 11.2 Å². The zero-order valence-electron chi connectivity index (χ0n) is 38.4. The summed E-state index contributed by atoms with van der Waals surface area (Å²) in [6.07, 6.45) is 4.15. The molecule has 340 valence electrons. The van der Waals surface area contributed by atoms with Gasteiger partial charge in [-0.15, -0.1) is 0 Å². The van der Waals surface area contributed by atoms with Gasteiger partial charge in [-0.1, -0.05) is 67.5 Å². The van der Waals surface area contributed by atoms with Crippen molar-refractivity contribution in [3.8, 4) is 22.9 Å². The van der Waals surface area contributed by atoms with Crippen molar-refractivity contribution >= 4 is 65.6 Å². The van der Waals surface area contributed by atoms with Crippen molar-refractivity contribution in [2.24, 2.45) is 0 Å². The molecular weight excluding hydrogens is 857 g/mol. The summed E-state index contributed by atoms with van der Waals surface area (Å²) in [6.45, 7) is 22.1. The fourth-order valence-corrected chi connectivity index (χ4v) is 11.3. The van der Waals surface area contributed by atoms with Crippen molar-refractivity contribution < 1.29 is 30.6 Å². The van der Waals surface area contributed by atoms with Crippen molar-refractivity contribution in [3.05, 3.63) is 110 Å². The number of rotatable bonds is 3. The molecule has 14 heteroatoms. The number of para-hydroxylation sites is 2. The lowest BCUT2D eigenvalue weighted by Crippen LogP contribution is -2.44. The van der Waals surface area contributed by atoms with Crippen molar-refractivity contribution in [1.82, 2.24) is 9.97 Å². The quantitative estimate of drug-likeness (QED) is 0.131. The van der Waals surface area contributed by atoms with Gasteiger partial charge in [0, 0.05) is 65.5 Å². The molecule has 0 radical (unpaired) electrons. The van der Waals surface area contributed by atoms with E-state index in [1.54, 1.807) is 6.07 Å². The van der Waals surface area contributed by atoms with Gasteiger partial charge in [0.2, 0.25) is 11.8 Å². The molecule has 0 saturated carbocycles. The normalized spacial score (nSPS) is 18.9. The molecule has 4 aromatic carbocycles. The summed E-state index contributed by atoms with van der Waals surface area (Å²) in [5, 5.41) is 1.75. The van der Waals surface area contributed by atoms with Crippen LogP contribution in [-0.4, -0.2) is 49.1 Å². The lowest BCUT2D eigenvalue weighted by atomic mass is 9.69. The van der Waals surface area contributed by atoms with E-state index in [2.05, 4.69) is 87.3 Å². The highest BCUT2D eigenvalue weighted by atomic mass is 32.2. The molecule has 0 fully saturated rings. The number of fused-ring (bicyclic) bond motifs is 6. The van der Waals surface area contributed by atoms with Gasteiger partial charge in [0.1, 0.15) is 33.3 Å². The summed E-state index contributed by atoms with van der Waals surface area (Å²) < 4.78 is 56.0. The highest BCUT2D eigenvalue weighted by molar-refractivity contribution is 7.85. The van der Waals surface area contributed by atoms with Crippen LogP contribution in [0.15, 0.2) is 98.9 Å². The minimum atomic E-state index is -4.40. The number of hydrogen-bond donors (Lipinski definition) is 1. The van der Waals surface area contributed by atoms with E-state index in [1.807, 2.05) is 30.3 Å². The van der Waals surface area contributed by atoms with Crippen LogP contribution in [0.5, 0.6) is 0 Å². The average molecular weight is 909 g/mol. The van der Waals surface area contributed by atoms with Crippen LogP contribution in [0.3, 0.4) is 0 Å². The first-order chi connectivity index (χ1) is 31.1. The average Bonchev–Trinajstić information content (AvgIpc) is 3.88. The number of benzene rings is 4. The van der Waals surface area contributed by atoms with Crippen molar-refractivity contribution in [3.63, 3.8) is 0 Å². The topological polar surface area (TPSA) is 173 Å². The first kappa shape index (κ1) is 42.4. The molecule has 8 aromatic rings. The van der Waals surface area contributed by atoms with Crippen LogP contribution in [0.4, 0.5) is 11.4 Å². The van der Waals surface area contributed by atoms with Crippen LogP contribution in [0, 0.1) is 0 Å². The molecule has 4 aliphatic rings. The molecule has 0 amide bonds. The first-order valence-electron chi connectivity index (χ1n) is 22.7. The third-order valence-electron chi connectivity index (χ3n) is 14.9.